The van der Waals surface area contributed by atoms with Crippen molar-refractivity contribution in [1.29, 1.82) is 0 Å². The highest BCUT2D eigenvalue weighted by molar-refractivity contribution is 5.89. The Bertz CT molecular complexity index is 1710. The van der Waals surface area contributed by atoms with Crippen LogP contribution in [0.25, 0.3) is 0 Å². The van der Waals surface area contributed by atoms with Crippen molar-refractivity contribution in [2.75, 3.05) is 27.9 Å². The van der Waals surface area contributed by atoms with Gasteiger partial charge in [-0.3, -0.25) is 14.4 Å². The zero-order valence-corrected chi connectivity index (χ0v) is 40.7. The van der Waals surface area contributed by atoms with Crippen LogP contribution in [0.15, 0.2) is 47.6 Å². The summed E-state index contributed by atoms with van der Waals surface area (Å²) in [5, 5.41) is 45.7. The molecule has 3 heterocycles. The summed E-state index contributed by atoms with van der Waals surface area (Å²) < 4.78 is 29.5. The minimum Gasteiger partial charge on any atom is -0.460 e. The van der Waals surface area contributed by atoms with Gasteiger partial charge in [-0.05, 0) is 107 Å². The number of Topliss-reactive ketones (excluding diaryl/α,β-unsaturated/α-hetero) is 2. The number of allylic oxidation sites excluding steroid dienone is 6. The number of ketones is 2. The summed E-state index contributed by atoms with van der Waals surface area (Å²) in [5.74, 6) is -6.22. The maximum absolute atomic E-state index is 14.4. The molecule has 0 radical (unpaired) electrons. The van der Waals surface area contributed by atoms with E-state index in [1.54, 1.807) is 41.1 Å². The van der Waals surface area contributed by atoms with Gasteiger partial charge >= 0.3 is 5.97 Å². The number of carbonyl (C=O) groups is 4. The monoisotopic (exact) mass is 916 g/mol. The van der Waals surface area contributed by atoms with Gasteiger partial charge in [0.15, 0.2) is 11.9 Å². The summed E-state index contributed by atoms with van der Waals surface area (Å²) in [6.45, 7) is 12.9. The smallest absolute Gasteiger partial charge is 0.329 e. The molecule has 368 valence electrons. The van der Waals surface area contributed by atoms with E-state index in [2.05, 4.69) is 0 Å². The summed E-state index contributed by atoms with van der Waals surface area (Å²) in [6.07, 6.45) is 9.72. The van der Waals surface area contributed by atoms with Crippen molar-refractivity contribution in [3.63, 3.8) is 0 Å². The molecule has 3 aliphatic heterocycles. The fourth-order valence-electron chi connectivity index (χ4n) is 10.3. The van der Waals surface area contributed by atoms with Crippen LogP contribution in [0, 0.1) is 35.5 Å². The van der Waals surface area contributed by atoms with E-state index in [1.165, 1.54) is 12.0 Å². The van der Waals surface area contributed by atoms with Gasteiger partial charge in [0.1, 0.15) is 30.1 Å². The molecule has 0 aromatic rings. The molecule has 4 rings (SSSR count). The van der Waals surface area contributed by atoms with Crippen molar-refractivity contribution in [3.05, 3.63) is 47.6 Å². The molecule has 2 saturated heterocycles. The fourth-order valence-corrected chi connectivity index (χ4v) is 10.3. The van der Waals surface area contributed by atoms with Crippen molar-refractivity contribution in [2.45, 2.75) is 186 Å². The second kappa shape index (κ2) is 25.3. The molecule has 2 bridgehead atoms. The number of methoxy groups -OCH3 is 3. The maximum atomic E-state index is 14.4. The highest BCUT2D eigenvalue weighted by Gasteiger charge is 2.53. The van der Waals surface area contributed by atoms with Crippen LogP contribution < -0.4 is 0 Å². The molecular formula is C51H81NO13. The lowest BCUT2D eigenvalue weighted by atomic mass is 9.78. The zero-order chi connectivity index (χ0) is 48.2. The predicted molar refractivity (Wildman–Crippen MR) is 246 cm³/mol. The van der Waals surface area contributed by atoms with E-state index < -0.39 is 78.1 Å². The third-order valence-electron chi connectivity index (χ3n) is 14.7. The summed E-state index contributed by atoms with van der Waals surface area (Å²) in [4.78, 5) is 57.8. The molecule has 3 fully saturated rings. The standard InChI is InChI=1S/C51H81NO13/c1-30-16-12-11-13-17-31(2)42(61-8)28-38-21-19-36(7)51(60,65-38)48(57)49(58)52-23-15-14-18-39(52)50(59)64-43(33(4)26-37-20-22-40(53)44(27-37)62-9)29-41(54)32(3)25-35(6)46(56)47(63-10)45(55)34(5)24-30/h11-13,16-17,25,30,32-34,36-40,42-44,46-48,53,56-57,60H,14-15,18-24,26-29H2,1-10H3/b13-11+,16-12+,31-17+,35-25+/t30?,32-,33-,34?,36-,37?,38+,39?,40-,42+,43?,44-,46?,47+,48+,51-/m1/s1. The number of hydrogen-bond donors (Lipinski definition) is 4. The van der Waals surface area contributed by atoms with Crippen LogP contribution in [0.2, 0.25) is 0 Å². The molecule has 4 aliphatic rings. The summed E-state index contributed by atoms with van der Waals surface area (Å²) >= 11 is 0. The van der Waals surface area contributed by atoms with E-state index in [9.17, 15) is 39.6 Å². The molecular weight excluding hydrogens is 835 g/mol. The number of rotatable bonds is 6. The number of piperidine rings is 1. The Morgan fingerprint density at radius 2 is 1.57 bits per heavy atom. The first-order valence-electron chi connectivity index (χ1n) is 24.1. The SMILES string of the molecule is CO[C@H]1C[C@@H]2CC[C@@H](C)[C@@](O)(O2)[C@@H](O)C(=O)N2CCCCC2C(=O)OC([C@H](C)CC2CC[C@@H](O)[C@H](OC)C2)CC(=O)[C@H](C)/C=C(\C)C(O)[C@@H](OC)C(=O)C(C)CC(C)/C=C/C=C/C=C/1C. The van der Waals surface area contributed by atoms with Gasteiger partial charge < -0.3 is 49.0 Å². The van der Waals surface area contributed by atoms with Gasteiger partial charge in [0.2, 0.25) is 5.79 Å². The molecule has 1 amide bonds. The topological polar surface area (TPSA) is 199 Å². The van der Waals surface area contributed by atoms with Gasteiger partial charge in [-0.25, -0.2) is 4.79 Å². The van der Waals surface area contributed by atoms with Crippen molar-refractivity contribution < 1.29 is 63.3 Å². The second-order valence-corrected chi connectivity index (χ2v) is 19.8. The number of esters is 1. The number of ether oxygens (including phenoxy) is 5. The van der Waals surface area contributed by atoms with Gasteiger partial charge in [0.05, 0.1) is 24.4 Å². The number of aliphatic hydroxyl groups excluding tert-OH is 3. The molecule has 14 heteroatoms. The van der Waals surface area contributed by atoms with Gasteiger partial charge in [0.25, 0.3) is 5.91 Å². The molecule has 4 N–H and O–H groups in total. The lowest BCUT2D eigenvalue weighted by Gasteiger charge is -2.46. The minimum atomic E-state index is -2.23. The largest absolute Gasteiger partial charge is 0.460 e. The lowest BCUT2D eigenvalue weighted by Crippen LogP contribution is -2.63. The highest BCUT2D eigenvalue weighted by atomic mass is 16.6. The van der Waals surface area contributed by atoms with E-state index >= 15 is 0 Å². The Morgan fingerprint density at radius 3 is 2.25 bits per heavy atom. The fraction of sp³-hybridized carbons (Fsp3) is 0.765. The molecule has 0 aromatic heterocycles. The first-order chi connectivity index (χ1) is 30.7. The van der Waals surface area contributed by atoms with Crippen molar-refractivity contribution in [3.8, 4) is 0 Å². The lowest BCUT2D eigenvalue weighted by molar-refractivity contribution is -0.317. The second-order valence-electron chi connectivity index (χ2n) is 19.8. The van der Waals surface area contributed by atoms with Gasteiger partial charge in [-0.1, -0.05) is 71.1 Å². The van der Waals surface area contributed by atoms with Crippen LogP contribution in [0.3, 0.4) is 0 Å². The summed E-state index contributed by atoms with van der Waals surface area (Å²) in [6, 6.07) is -1.08. The van der Waals surface area contributed by atoms with Crippen LogP contribution in [0.4, 0.5) is 0 Å². The summed E-state index contributed by atoms with van der Waals surface area (Å²) in [5.41, 5.74) is 1.30. The number of carbonyl (C=O) groups excluding carboxylic acids is 4. The Balaban J connectivity index is 1.70. The first-order valence-corrected chi connectivity index (χ1v) is 24.1. The van der Waals surface area contributed by atoms with Crippen LogP contribution in [-0.2, 0) is 42.9 Å². The Hall–Kier alpha value is -3.08. The quantitative estimate of drug-likeness (QED) is 0.180. The van der Waals surface area contributed by atoms with E-state index in [0.29, 0.717) is 63.4 Å². The number of aliphatic hydroxyl groups is 4. The molecule has 0 aromatic carbocycles. The third kappa shape index (κ3) is 14.5. The minimum absolute atomic E-state index is 0.0264. The van der Waals surface area contributed by atoms with Crippen LogP contribution in [0.5, 0.6) is 0 Å². The number of cyclic esters (lactones) is 1. The molecule has 14 nitrogen and oxygen atoms in total. The third-order valence-corrected chi connectivity index (χ3v) is 14.7. The molecule has 1 saturated carbocycles. The molecule has 65 heavy (non-hydrogen) atoms. The van der Waals surface area contributed by atoms with E-state index in [0.717, 1.165) is 12.0 Å². The zero-order valence-electron chi connectivity index (χ0n) is 40.7. The molecule has 16 atom stereocenters. The number of fused-ring (bicyclic) bond motifs is 3. The Morgan fingerprint density at radius 1 is 0.846 bits per heavy atom. The molecule has 1 aliphatic carbocycles. The Kier molecular flexibility index (Phi) is 21.3. The van der Waals surface area contributed by atoms with Gasteiger partial charge in [0, 0.05) is 58.5 Å². The first kappa shape index (κ1) is 54.5. The Labute approximate surface area is 387 Å². The van der Waals surface area contributed by atoms with Crippen LogP contribution in [0.1, 0.15) is 126 Å². The predicted octanol–water partition coefficient (Wildman–Crippen LogP) is 5.97. The van der Waals surface area contributed by atoms with E-state index in [1.807, 2.05) is 58.1 Å². The van der Waals surface area contributed by atoms with Crippen molar-refractivity contribution >= 4 is 23.4 Å². The van der Waals surface area contributed by atoms with Crippen molar-refractivity contribution in [2.24, 2.45) is 35.5 Å². The number of amides is 1. The van der Waals surface area contributed by atoms with E-state index in [-0.39, 0.29) is 60.9 Å². The van der Waals surface area contributed by atoms with E-state index in [4.69, 9.17) is 23.7 Å². The average molecular weight is 916 g/mol. The summed E-state index contributed by atoms with van der Waals surface area (Å²) in [7, 11) is 4.55. The normalized spacial score (nSPS) is 41.5. The van der Waals surface area contributed by atoms with Gasteiger partial charge in [-0.15, -0.1) is 0 Å². The van der Waals surface area contributed by atoms with Crippen LogP contribution in [-0.4, -0.2) is 137 Å². The van der Waals surface area contributed by atoms with Crippen LogP contribution >= 0.6 is 0 Å². The maximum Gasteiger partial charge on any atom is 0.329 e. The molecule has 6 unspecified atom stereocenters. The highest BCUT2D eigenvalue weighted by Crippen LogP contribution is 2.39. The number of hydrogen-bond acceptors (Lipinski definition) is 13. The van der Waals surface area contributed by atoms with Gasteiger partial charge in [-0.2, -0.15) is 0 Å². The molecule has 0 spiro atoms. The average Bonchev–Trinajstić information content (AvgIpc) is 3.28. The number of nitrogens with zero attached hydrogens (tertiary/aromatic N) is 1. The van der Waals surface area contributed by atoms with Crippen molar-refractivity contribution in [1.82, 2.24) is 4.90 Å².